The van der Waals surface area contributed by atoms with Gasteiger partial charge in [0.05, 0.1) is 28.8 Å². The van der Waals surface area contributed by atoms with Gasteiger partial charge in [-0.1, -0.05) is 25.1 Å². The van der Waals surface area contributed by atoms with Gasteiger partial charge in [0.1, 0.15) is 11.5 Å². The molecule has 0 aliphatic heterocycles. The third kappa shape index (κ3) is 4.71. The molecule has 0 bridgehead atoms. The number of phenolic OH excluding ortho intramolecular Hbond substituents is 1. The van der Waals surface area contributed by atoms with Crippen molar-refractivity contribution in [3.63, 3.8) is 0 Å². The van der Waals surface area contributed by atoms with Gasteiger partial charge in [-0.15, -0.1) is 0 Å². The molecule has 0 aliphatic carbocycles. The van der Waals surface area contributed by atoms with Gasteiger partial charge in [-0.2, -0.15) is 0 Å². The number of carbonyl (C=O) groups excluding carboxylic acids is 1. The zero-order chi connectivity index (χ0) is 21.0. The predicted molar refractivity (Wildman–Crippen MR) is 111 cm³/mol. The minimum absolute atomic E-state index is 0.00368. The number of aromatic hydroxyl groups is 1. The largest absolute Gasteiger partial charge is 0.507 e. The van der Waals surface area contributed by atoms with E-state index < -0.39 is 5.97 Å². The zero-order valence-electron chi connectivity index (χ0n) is 16.2. The standard InChI is InChI=1S/C21H22N2O5S/c1-3-4-15-18(8-6-14(12(2)24)19(15)25)28-9-10-29-21-22-16-7-5-13(20(26)27)11-17(16)23-21/h5-8,11,25H,3-4,9-10H2,1-2H3,(H,22,23)(H,26,27). The summed E-state index contributed by atoms with van der Waals surface area (Å²) >= 11 is 1.46. The van der Waals surface area contributed by atoms with Crippen molar-refractivity contribution in [2.45, 2.75) is 31.8 Å². The zero-order valence-corrected chi connectivity index (χ0v) is 17.0. The third-order valence-electron chi connectivity index (χ3n) is 4.41. The Kier molecular flexibility index (Phi) is 6.43. The molecule has 152 valence electrons. The molecule has 3 aromatic rings. The van der Waals surface area contributed by atoms with Crippen LogP contribution in [0.15, 0.2) is 35.5 Å². The Bertz CT molecular complexity index is 1060. The molecule has 0 spiro atoms. The summed E-state index contributed by atoms with van der Waals surface area (Å²) in [6.07, 6.45) is 1.43. The summed E-state index contributed by atoms with van der Waals surface area (Å²) in [5.74, 6) is 0.0115. The quantitative estimate of drug-likeness (QED) is 0.272. The molecule has 0 fully saturated rings. The van der Waals surface area contributed by atoms with Gasteiger partial charge in [-0.25, -0.2) is 9.78 Å². The number of phenols is 1. The van der Waals surface area contributed by atoms with Crippen molar-refractivity contribution in [3.8, 4) is 11.5 Å². The van der Waals surface area contributed by atoms with Crippen molar-refractivity contribution in [2.24, 2.45) is 0 Å². The maximum absolute atomic E-state index is 11.6. The number of nitrogens with zero attached hydrogens (tertiary/aromatic N) is 1. The summed E-state index contributed by atoms with van der Waals surface area (Å²) in [6.45, 7) is 3.81. The van der Waals surface area contributed by atoms with E-state index in [2.05, 4.69) is 9.97 Å². The number of aromatic nitrogens is 2. The summed E-state index contributed by atoms with van der Waals surface area (Å²) < 4.78 is 5.84. The number of fused-ring (bicyclic) bond motifs is 1. The van der Waals surface area contributed by atoms with Gasteiger partial charge >= 0.3 is 5.97 Å². The van der Waals surface area contributed by atoms with E-state index in [0.29, 0.717) is 51.8 Å². The fraction of sp³-hybridized carbons (Fsp3) is 0.286. The average molecular weight is 414 g/mol. The molecule has 1 heterocycles. The lowest BCUT2D eigenvalue weighted by atomic mass is 10.0. The fourth-order valence-electron chi connectivity index (χ4n) is 3.01. The number of benzene rings is 2. The molecule has 0 amide bonds. The minimum atomic E-state index is -0.981. The number of ketones is 1. The highest BCUT2D eigenvalue weighted by atomic mass is 32.2. The first-order valence-corrected chi connectivity index (χ1v) is 10.2. The number of nitrogens with one attached hydrogen (secondary N) is 1. The van der Waals surface area contributed by atoms with Crippen molar-refractivity contribution in [1.82, 2.24) is 9.97 Å². The molecular weight excluding hydrogens is 392 g/mol. The number of H-pyrrole nitrogens is 1. The lowest BCUT2D eigenvalue weighted by molar-refractivity contribution is 0.0696. The number of thioether (sulfide) groups is 1. The molecule has 2 aromatic carbocycles. The van der Waals surface area contributed by atoms with E-state index in [9.17, 15) is 14.7 Å². The number of rotatable bonds is 9. The topological polar surface area (TPSA) is 113 Å². The van der Waals surface area contributed by atoms with Gasteiger partial charge in [0.15, 0.2) is 10.9 Å². The molecule has 29 heavy (non-hydrogen) atoms. The van der Waals surface area contributed by atoms with Gasteiger partial charge in [0, 0.05) is 11.3 Å². The van der Waals surface area contributed by atoms with Gasteiger partial charge in [0.25, 0.3) is 0 Å². The van der Waals surface area contributed by atoms with Crippen LogP contribution in [0.25, 0.3) is 11.0 Å². The molecule has 0 saturated heterocycles. The Morgan fingerprint density at radius 1 is 1.24 bits per heavy atom. The van der Waals surface area contributed by atoms with Crippen LogP contribution in [0.5, 0.6) is 11.5 Å². The molecule has 1 aromatic heterocycles. The molecule has 0 aliphatic rings. The van der Waals surface area contributed by atoms with Crippen LogP contribution in [0.3, 0.4) is 0 Å². The van der Waals surface area contributed by atoms with Crippen LogP contribution in [0.1, 0.15) is 46.5 Å². The van der Waals surface area contributed by atoms with Crippen LogP contribution in [-0.2, 0) is 6.42 Å². The number of carboxylic acids is 1. The molecule has 0 radical (unpaired) electrons. The molecular formula is C21H22N2O5S. The summed E-state index contributed by atoms with van der Waals surface area (Å²) in [4.78, 5) is 30.2. The van der Waals surface area contributed by atoms with Crippen LogP contribution < -0.4 is 4.74 Å². The molecule has 0 atom stereocenters. The molecule has 3 N–H and O–H groups in total. The number of ether oxygens (including phenoxy) is 1. The Balaban J connectivity index is 1.64. The number of aromatic amines is 1. The summed E-state index contributed by atoms with van der Waals surface area (Å²) in [7, 11) is 0. The highest BCUT2D eigenvalue weighted by molar-refractivity contribution is 7.99. The number of hydrogen-bond donors (Lipinski definition) is 3. The monoisotopic (exact) mass is 414 g/mol. The Hall–Kier alpha value is -3.00. The van der Waals surface area contributed by atoms with E-state index in [0.717, 1.165) is 6.42 Å². The van der Waals surface area contributed by atoms with E-state index >= 15 is 0 Å². The first kappa shape index (κ1) is 20.7. The normalized spacial score (nSPS) is 11.0. The number of hydrogen-bond acceptors (Lipinski definition) is 6. The van der Waals surface area contributed by atoms with E-state index in [4.69, 9.17) is 9.84 Å². The van der Waals surface area contributed by atoms with Gasteiger partial charge in [-0.05, 0) is 43.7 Å². The van der Waals surface area contributed by atoms with Crippen LogP contribution in [-0.4, -0.2) is 44.3 Å². The number of aromatic carboxylic acids is 1. The molecule has 0 saturated carbocycles. The summed E-state index contributed by atoms with van der Waals surface area (Å²) in [6, 6.07) is 8.06. The van der Waals surface area contributed by atoms with Crippen LogP contribution >= 0.6 is 11.8 Å². The number of Topliss-reactive ketones (excluding diaryl/α,β-unsaturated/α-hetero) is 1. The second kappa shape index (κ2) is 9.00. The maximum atomic E-state index is 11.6. The van der Waals surface area contributed by atoms with E-state index in [1.165, 1.54) is 24.8 Å². The van der Waals surface area contributed by atoms with Crippen molar-refractivity contribution >= 4 is 34.5 Å². The van der Waals surface area contributed by atoms with Crippen LogP contribution in [0.2, 0.25) is 0 Å². The smallest absolute Gasteiger partial charge is 0.335 e. The second-order valence-electron chi connectivity index (χ2n) is 6.52. The summed E-state index contributed by atoms with van der Waals surface area (Å²) in [5, 5.41) is 20.1. The second-order valence-corrected chi connectivity index (χ2v) is 7.60. The average Bonchev–Trinajstić information content (AvgIpc) is 3.09. The first-order chi connectivity index (χ1) is 13.9. The van der Waals surface area contributed by atoms with Crippen LogP contribution in [0.4, 0.5) is 0 Å². The number of imidazole rings is 1. The summed E-state index contributed by atoms with van der Waals surface area (Å²) in [5.41, 5.74) is 2.53. The maximum Gasteiger partial charge on any atom is 0.335 e. The highest BCUT2D eigenvalue weighted by Gasteiger charge is 2.16. The van der Waals surface area contributed by atoms with Crippen molar-refractivity contribution in [3.05, 3.63) is 47.0 Å². The van der Waals surface area contributed by atoms with Gasteiger partial charge in [-0.3, -0.25) is 4.79 Å². The minimum Gasteiger partial charge on any atom is -0.507 e. The van der Waals surface area contributed by atoms with Gasteiger partial charge < -0.3 is 19.9 Å². The van der Waals surface area contributed by atoms with Crippen LogP contribution in [0, 0.1) is 0 Å². The first-order valence-electron chi connectivity index (χ1n) is 9.25. The van der Waals surface area contributed by atoms with E-state index in [-0.39, 0.29) is 17.1 Å². The Morgan fingerprint density at radius 3 is 2.72 bits per heavy atom. The number of carbonyl (C=O) groups is 2. The molecule has 0 unspecified atom stereocenters. The highest BCUT2D eigenvalue weighted by Crippen LogP contribution is 2.33. The van der Waals surface area contributed by atoms with Crippen molar-refractivity contribution in [2.75, 3.05) is 12.4 Å². The Labute approximate surface area is 172 Å². The van der Waals surface area contributed by atoms with Gasteiger partial charge in [0.2, 0.25) is 0 Å². The Morgan fingerprint density at radius 2 is 2.03 bits per heavy atom. The molecule has 3 rings (SSSR count). The SMILES string of the molecule is CCCc1c(OCCSc2nc3ccc(C(=O)O)cc3[nH]2)ccc(C(C)=O)c1O. The predicted octanol–water partition coefficient (Wildman–Crippen LogP) is 4.29. The van der Waals surface area contributed by atoms with E-state index in [1.54, 1.807) is 24.3 Å². The van der Waals surface area contributed by atoms with Crippen molar-refractivity contribution < 1.29 is 24.5 Å². The number of carboxylic acid groups (broad SMARTS) is 1. The van der Waals surface area contributed by atoms with E-state index in [1.807, 2.05) is 6.92 Å². The lowest BCUT2D eigenvalue weighted by Crippen LogP contribution is -2.05. The molecule has 8 heteroatoms. The fourth-order valence-corrected chi connectivity index (χ4v) is 3.71. The third-order valence-corrected chi connectivity index (χ3v) is 5.24. The lowest BCUT2D eigenvalue weighted by Gasteiger charge is -2.14. The molecule has 7 nitrogen and oxygen atoms in total. The van der Waals surface area contributed by atoms with Crippen molar-refractivity contribution in [1.29, 1.82) is 0 Å².